The van der Waals surface area contributed by atoms with Crippen LogP contribution in [0.5, 0.6) is 0 Å². The van der Waals surface area contributed by atoms with E-state index in [0.29, 0.717) is 0 Å². The predicted octanol–water partition coefficient (Wildman–Crippen LogP) is 5.01. The minimum atomic E-state index is 1.24. The van der Waals surface area contributed by atoms with Crippen LogP contribution in [0.1, 0.15) is 0 Å². The summed E-state index contributed by atoms with van der Waals surface area (Å²) in [6.45, 7) is 0. The Kier molecular flexibility index (Phi) is 1.79. The van der Waals surface area contributed by atoms with Gasteiger partial charge in [0.15, 0.2) is 0 Å². The number of hydrogen-bond donors (Lipinski definition) is 0. The third-order valence-corrected chi connectivity index (χ3v) is 4.38. The predicted molar refractivity (Wildman–Crippen MR) is 75.7 cm³/mol. The highest BCUT2D eigenvalue weighted by Crippen LogP contribution is 2.37. The van der Waals surface area contributed by atoms with Gasteiger partial charge < -0.3 is 0 Å². The smallest absolute Gasteiger partial charge is 0.0440 e. The molecular weight excluding hydrogens is 224 g/mol. The summed E-state index contributed by atoms with van der Waals surface area (Å²) < 4.78 is 2.71. The lowest BCUT2D eigenvalue weighted by atomic mass is 10.1. The van der Waals surface area contributed by atoms with Crippen LogP contribution in [-0.2, 0) is 0 Å². The Hall–Kier alpha value is -1.86. The van der Waals surface area contributed by atoms with Gasteiger partial charge in [-0.1, -0.05) is 48.5 Å². The van der Waals surface area contributed by atoms with E-state index in [1.165, 1.54) is 30.9 Å². The van der Waals surface area contributed by atoms with Gasteiger partial charge in [0, 0.05) is 25.6 Å². The molecule has 0 amide bonds. The average Bonchev–Trinajstić information content (AvgIpc) is 2.78. The molecule has 0 aliphatic carbocycles. The molecule has 0 aliphatic rings. The lowest BCUT2D eigenvalue weighted by Gasteiger charge is -1.97. The summed E-state index contributed by atoms with van der Waals surface area (Å²) in [5.74, 6) is 0. The topological polar surface area (TPSA) is 0 Å². The molecule has 1 radical (unpaired) electrons. The van der Waals surface area contributed by atoms with E-state index in [2.05, 4.69) is 48.5 Å². The molecule has 0 bridgehead atoms. The Morgan fingerprint density at radius 1 is 0.824 bits per heavy atom. The molecule has 3 aromatic carbocycles. The molecule has 0 aliphatic heterocycles. The lowest BCUT2D eigenvalue weighted by molar-refractivity contribution is 1.80. The van der Waals surface area contributed by atoms with Crippen molar-refractivity contribution in [3.8, 4) is 0 Å². The van der Waals surface area contributed by atoms with Gasteiger partial charge in [-0.3, -0.25) is 0 Å². The SMILES string of the molecule is [c]1cccc2ccc3c4ccccc4sc3c12. The zero-order valence-corrected chi connectivity index (χ0v) is 9.92. The molecule has 0 nitrogen and oxygen atoms in total. The largest absolute Gasteiger partial charge is 0.135 e. The number of fused-ring (bicyclic) bond motifs is 5. The molecule has 0 spiro atoms. The number of hydrogen-bond acceptors (Lipinski definition) is 1. The first-order chi connectivity index (χ1) is 8.43. The van der Waals surface area contributed by atoms with Crippen LogP contribution in [-0.4, -0.2) is 0 Å². The van der Waals surface area contributed by atoms with Crippen molar-refractivity contribution in [2.24, 2.45) is 0 Å². The van der Waals surface area contributed by atoms with Gasteiger partial charge in [0.2, 0.25) is 0 Å². The minimum absolute atomic E-state index is 1.24. The quantitative estimate of drug-likeness (QED) is 0.400. The van der Waals surface area contributed by atoms with Gasteiger partial charge in [-0.2, -0.15) is 0 Å². The minimum Gasteiger partial charge on any atom is -0.135 e. The molecule has 0 N–H and O–H groups in total. The van der Waals surface area contributed by atoms with Crippen LogP contribution in [0.2, 0.25) is 0 Å². The molecule has 79 valence electrons. The van der Waals surface area contributed by atoms with Crippen molar-refractivity contribution in [1.82, 2.24) is 0 Å². The second kappa shape index (κ2) is 3.31. The van der Waals surface area contributed by atoms with Gasteiger partial charge in [0.1, 0.15) is 0 Å². The molecule has 0 saturated carbocycles. The van der Waals surface area contributed by atoms with Crippen LogP contribution in [0, 0.1) is 6.07 Å². The van der Waals surface area contributed by atoms with Crippen molar-refractivity contribution >= 4 is 42.3 Å². The number of benzene rings is 3. The number of thiophene rings is 1. The normalized spacial score (nSPS) is 11.5. The van der Waals surface area contributed by atoms with Crippen molar-refractivity contribution < 1.29 is 0 Å². The third kappa shape index (κ3) is 1.23. The van der Waals surface area contributed by atoms with Crippen LogP contribution in [0.25, 0.3) is 30.9 Å². The Morgan fingerprint density at radius 3 is 2.76 bits per heavy atom. The Labute approximate surface area is 103 Å². The summed E-state index contributed by atoms with van der Waals surface area (Å²) in [6, 6.07) is 22.6. The van der Waals surface area contributed by atoms with E-state index in [-0.39, 0.29) is 0 Å². The summed E-state index contributed by atoms with van der Waals surface area (Å²) in [5, 5.41) is 5.21. The van der Waals surface area contributed by atoms with E-state index in [1.807, 2.05) is 23.5 Å². The van der Waals surface area contributed by atoms with Crippen molar-refractivity contribution in [2.45, 2.75) is 0 Å². The molecule has 0 saturated heterocycles. The highest BCUT2D eigenvalue weighted by Gasteiger charge is 2.06. The molecule has 4 rings (SSSR count). The van der Waals surface area contributed by atoms with Gasteiger partial charge in [-0.25, -0.2) is 0 Å². The summed E-state index contributed by atoms with van der Waals surface area (Å²) >= 11 is 1.86. The van der Waals surface area contributed by atoms with Crippen molar-refractivity contribution in [2.75, 3.05) is 0 Å². The molecule has 1 heterocycles. The lowest BCUT2D eigenvalue weighted by Crippen LogP contribution is -1.72. The summed E-state index contributed by atoms with van der Waals surface area (Å²) in [7, 11) is 0. The second-order valence-corrected chi connectivity index (χ2v) is 5.23. The molecular formula is C16H9S. The van der Waals surface area contributed by atoms with Crippen LogP contribution in [0.15, 0.2) is 54.6 Å². The van der Waals surface area contributed by atoms with E-state index in [9.17, 15) is 0 Å². The molecule has 0 atom stereocenters. The van der Waals surface area contributed by atoms with E-state index in [1.54, 1.807) is 0 Å². The summed E-state index contributed by atoms with van der Waals surface area (Å²) in [5.41, 5.74) is 0. The van der Waals surface area contributed by atoms with Crippen molar-refractivity contribution in [3.63, 3.8) is 0 Å². The molecule has 17 heavy (non-hydrogen) atoms. The van der Waals surface area contributed by atoms with Crippen LogP contribution in [0.4, 0.5) is 0 Å². The van der Waals surface area contributed by atoms with Gasteiger partial charge in [-0.15, -0.1) is 11.3 Å². The molecule has 1 heteroatoms. The van der Waals surface area contributed by atoms with Gasteiger partial charge in [0.25, 0.3) is 0 Å². The monoisotopic (exact) mass is 233 g/mol. The van der Waals surface area contributed by atoms with Gasteiger partial charge >= 0.3 is 0 Å². The van der Waals surface area contributed by atoms with Crippen LogP contribution >= 0.6 is 11.3 Å². The maximum atomic E-state index is 3.37. The second-order valence-electron chi connectivity index (χ2n) is 4.17. The fourth-order valence-electron chi connectivity index (χ4n) is 2.38. The van der Waals surface area contributed by atoms with Crippen molar-refractivity contribution in [1.29, 1.82) is 0 Å². The molecule has 0 unspecified atom stereocenters. The van der Waals surface area contributed by atoms with Crippen LogP contribution in [0.3, 0.4) is 0 Å². The fourth-order valence-corrected chi connectivity index (χ4v) is 3.60. The average molecular weight is 233 g/mol. The highest BCUT2D eigenvalue weighted by atomic mass is 32.1. The highest BCUT2D eigenvalue weighted by molar-refractivity contribution is 7.26. The number of rotatable bonds is 0. The summed E-state index contributed by atoms with van der Waals surface area (Å²) in [6.07, 6.45) is 0. The molecule has 1 aromatic heterocycles. The standard InChI is InChI=1S/C16H9S/c1-2-6-12-11(5-1)9-10-14-13-7-3-4-8-15(13)17-16(12)14/h1-5,7-10H. The van der Waals surface area contributed by atoms with Gasteiger partial charge in [-0.05, 0) is 17.5 Å². The fraction of sp³-hybridized carbons (Fsp3) is 0. The first-order valence-electron chi connectivity index (χ1n) is 5.64. The Morgan fingerprint density at radius 2 is 1.76 bits per heavy atom. The molecule has 4 aromatic rings. The maximum Gasteiger partial charge on any atom is 0.0440 e. The summed E-state index contributed by atoms with van der Waals surface area (Å²) in [4.78, 5) is 0. The van der Waals surface area contributed by atoms with E-state index < -0.39 is 0 Å². The first kappa shape index (κ1) is 9.20. The van der Waals surface area contributed by atoms with E-state index in [0.717, 1.165) is 0 Å². The third-order valence-electron chi connectivity index (χ3n) is 3.18. The maximum absolute atomic E-state index is 3.37. The van der Waals surface area contributed by atoms with E-state index >= 15 is 0 Å². The zero-order chi connectivity index (χ0) is 11.2. The first-order valence-corrected chi connectivity index (χ1v) is 6.46. The van der Waals surface area contributed by atoms with E-state index in [4.69, 9.17) is 0 Å². The van der Waals surface area contributed by atoms with Crippen molar-refractivity contribution in [3.05, 3.63) is 60.7 Å². The molecule has 0 fully saturated rings. The Balaban J connectivity index is 2.34. The van der Waals surface area contributed by atoms with Crippen LogP contribution < -0.4 is 0 Å². The van der Waals surface area contributed by atoms with Gasteiger partial charge in [0.05, 0.1) is 0 Å². The zero-order valence-electron chi connectivity index (χ0n) is 9.10. The Bertz CT molecular complexity index is 840.